The van der Waals surface area contributed by atoms with Gasteiger partial charge in [0.05, 0.1) is 6.54 Å². The van der Waals surface area contributed by atoms with Crippen LogP contribution in [0.25, 0.3) is 0 Å². The number of hydrogen-bond donors (Lipinski definition) is 1. The Bertz CT molecular complexity index is 273. The van der Waals surface area contributed by atoms with Crippen LogP contribution in [0, 0.1) is 5.41 Å². The molecule has 0 radical (unpaired) electrons. The van der Waals surface area contributed by atoms with Crippen LogP contribution in [0.1, 0.15) is 33.1 Å². The zero-order chi connectivity index (χ0) is 13.0. The summed E-state index contributed by atoms with van der Waals surface area (Å²) in [5.74, 6) is 0.318. The number of nitrogens with zero attached hydrogens (tertiary/aromatic N) is 2. The van der Waals surface area contributed by atoms with Crippen molar-refractivity contribution in [1.82, 2.24) is 15.1 Å². The van der Waals surface area contributed by atoms with Gasteiger partial charge in [-0.15, -0.1) is 0 Å². The molecule has 2 rings (SSSR count). The van der Waals surface area contributed by atoms with Gasteiger partial charge in [-0.2, -0.15) is 0 Å². The van der Waals surface area contributed by atoms with E-state index in [-0.39, 0.29) is 0 Å². The van der Waals surface area contributed by atoms with Crippen LogP contribution in [0.3, 0.4) is 0 Å². The lowest BCUT2D eigenvalue weighted by molar-refractivity contribution is -0.132. The molecule has 0 spiro atoms. The Morgan fingerprint density at radius 3 is 2.56 bits per heavy atom. The van der Waals surface area contributed by atoms with Crippen LogP contribution in [0.5, 0.6) is 0 Å². The minimum atomic E-state index is 0.318. The van der Waals surface area contributed by atoms with E-state index in [1.165, 1.54) is 12.8 Å². The molecule has 18 heavy (non-hydrogen) atoms. The minimum absolute atomic E-state index is 0.318. The lowest BCUT2D eigenvalue weighted by Crippen LogP contribution is -2.45. The van der Waals surface area contributed by atoms with Crippen LogP contribution in [0.4, 0.5) is 0 Å². The van der Waals surface area contributed by atoms with Gasteiger partial charge in [-0.05, 0) is 44.3 Å². The molecule has 4 heteroatoms. The summed E-state index contributed by atoms with van der Waals surface area (Å²) in [6, 6.07) is 0. The van der Waals surface area contributed by atoms with E-state index in [0.717, 1.165) is 45.7 Å². The van der Waals surface area contributed by atoms with Gasteiger partial charge in [-0.3, -0.25) is 9.69 Å². The molecule has 104 valence electrons. The van der Waals surface area contributed by atoms with Gasteiger partial charge >= 0.3 is 0 Å². The van der Waals surface area contributed by atoms with E-state index < -0.39 is 0 Å². The van der Waals surface area contributed by atoms with E-state index in [1.54, 1.807) is 0 Å². The van der Waals surface area contributed by atoms with Crippen LogP contribution in [0.15, 0.2) is 0 Å². The van der Waals surface area contributed by atoms with Crippen molar-refractivity contribution >= 4 is 5.91 Å². The summed E-state index contributed by atoms with van der Waals surface area (Å²) in [6.07, 6.45) is 3.50. The monoisotopic (exact) mass is 253 g/mol. The standard InChI is InChI=1S/C14H27N3O/c1-14(2)4-9-16(10-5-14)12-13(18)17-8-3-6-15-7-11-17/h15H,3-12H2,1-2H3. The fraction of sp³-hybridized carbons (Fsp3) is 0.929. The molecule has 0 aromatic heterocycles. The van der Waals surface area contributed by atoms with Gasteiger partial charge in [0.1, 0.15) is 0 Å². The van der Waals surface area contributed by atoms with Gasteiger partial charge in [0.25, 0.3) is 0 Å². The molecule has 4 nitrogen and oxygen atoms in total. The molecule has 0 atom stereocenters. The van der Waals surface area contributed by atoms with Gasteiger partial charge in [0.2, 0.25) is 5.91 Å². The lowest BCUT2D eigenvalue weighted by atomic mass is 9.83. The van der Waals surface area contributed by atoms with Gasteiger partial charge in [-0.1, -0.05) is 13.8 Å². The van der Waals surface area contributed by atoms with Crippen LogP contribution in [-0.2, 0) is 4.79 Å². The van der Waals surface area contributed by atoms with Crippen molar-refractivity contribution in [3.63, 3.8) is 0 Å². The highest BCUT2D eigenvalue weighted by Crippen LogP contribution is 2.29. The number of rotatable bonds is 2. The molecule has 0 aromatic carbocycles. The fourth-order valence-corrected chi connectivity index (χ4v) is 2.70. The Morgan fingerprint density at radius 1 is 1.11 bits per heavy atom. The third-order valence-electron chi connectivity index (χ3n) is 4.26. The van der Waals surface area contributed by atoms with E-state index in [2.05, 4.69) is 24.1 Å². The van der Waals surface area contributed by atoms with Gasteiger partial charge in [0, 0.05) is 19.6 Å². The first-order valence-corrected chi connectivity index (χ1v) is 7.28. The van der Waals surface area contributed by atoms with E-state index in [1.807, 2.05) is 4.90 Å². The fourth-order valence-electron chi connectivity index (χ4n) is 2.70. The molecule has 1 N–H and O–H groups in total. The Hall–Kier alpha value is -0.610. The largest absolute Gasteiger partial charge is 0.340 e. The zero-order valence-corrected chi connectivity index (χ0v) is 11.9. The van der Waals surface area contributed by atoms with Crippen molar-refractivity contribution in [2.45, 2.75) is 33.1 Å². The first kappa shape index (κ1) is 13.8. The second-order valence-electron chi connectivity index (χ2n) is 6.42. The number of hydrogen-bond acceptors (Lipinski definition) is 3. The summed E-state index contributed by atoms with van der Waals surface area (Å²) in [7, 11) is 0. The first-order chi connectivity index (χ1) is 8.57. The molecule has 2 aliphatic heterocycles. The van der Waals surface area contributed by atoms with Crippen molar-refractivity contribution in [1.29, 1.82) is 0 Å². The summed E-state index contributed by atoms with van der Waals surface area (Å²) in [4.78, 5) is 16.6. The van der Waals surface area contributed by atoms with Crippen molar-refractivity contribution in [3.05, 3.63) is 0 Å². The van der Waals surface area contributed by atoms with E-state index in [9.17, 15) is 4.79 Å². The molecule has 2 saturated heterocycles. The summed E-state index contributed by atoms with van der Waals surface area (Å²) < 4.78 is 0. The van der Waals surface area contributed by atoms with E-state index >= 15 is 0 Å². The Morgan fingerprint density at radius 2 is 1.83 bits per heavy atom. The molecule has 0 bridgehead atoms. The Balaban J connectivity index is 1.77. The van der Waals surface area contributed by atoms with Crippen LogP contribution in [0.2, 0.25) is 0 Å². The number of carbonyl (C=O) groups excluding carboxylic acids is 1. The molecule has 2 heterocycles. The quantitative estimate of drug-likeness (QED) is 0.795. The number of likely N-dealkylation sites (tertiary alicyclic amines) is 1. The third-order valence-corrected chi connectivity index (χ3v) is 4.26. The summed E-state index contributed by atoms with van der Waals surface area (Å²) in [5.41, 5.74) is 0.464. The number of carbonyl (C=O) groups is 1. The normalized spacial score (nSPS) is 25.8. The van der Waals surface area contributed by atoms with Gasteiger partial charge < -0.3 is 10.2 Å². The van der Waals surface area contributed by atoms with E-state index in [0.29, 0.717) is 17.9 Å². The molecule has 0 aromatic rings. The third kappa shape index (κ3) is 3.95. The molecular formula is C14H27N3O. The zero-order valence-electron chi connectivity index (χ0n) is 11.9. The predicted molar refractivity (Wildman–Crippen MR) is 73.5 cm³/mol. The average Bonchev–Trinajstić information content (AvgIpc) is 2.60. The van der Waals surface area contributed by atoms with Crippen LogP contribution < -0.4 is 5.32 Å². The number of amides is 1. The SMILES string of the molecule is CC1(C)CCN(CC(=O)N2CCCNCC2)CC1. The minimum Gasteiger partial charge on any atom is -0.340 e. The van der Waals surface area contributed by atoms with Crippen LogP contribution >= 0.6 is 0 Å². The highest BCUT2D eigenvalue weighted by atomic mass is 16.2. The second-order valence-corrected chi connectivity index (χ2v) is 6.42. The van der Waals surface area contributed by atoms with Gasteiger partial charge in [-0.25, -0.2) is 0 Å². The predicted octanol–water partition coefficient (Wildman–Crippen LogP) is 0.930. The molecule has 2 aliphatic rings. The van der Waals surface area contributed by atoms with Crippen LogP contribution in [-0.4, -0.2) is 61.5 Å². The van der Waals surface area contributed by atoms with Crippen molar-refractivity contribution in [3.8, 4) is 0 Å². The Labute approximate surface area is 111 Å². The Kier molecular flexibility index (Phi) is 4.62. The highest BCUT2D eigenvalue weighted by molar-refractivity contribution is 5.78. The second kappa shape index (κ2) is 6.02. The average molecular weight is 253 g/mol. The molecule has 0 aliphatic carbocycles. The first-order valence-electron chi connectivity index (χ1n) is 7.28. The molecule has 1 amide bonds. The molecule has 2 fully saturated rings. The van der Waals surface area contributed by atoms with Crippen molar-refractivity contribution in [2.24, 2.45) is 5.41 Å². The topological polar surface area (TPSA) is 35.6 Å². The van der Waals surface area contributed by atoms with E-state index in [4.69, 9.17) is 0 Å². The maximum atomic E-state index is 12.2. The number of nitrogens with one attached hydrogen (secondary N) is 1. The summed E-state index contributed by atoms with van der Waals surface area (Å²) in [5, 5.41) is 3.34. The van der Waals surface area contributed by atoms with Gasteiger partial charge in [0.15, 0.2) is 0 Å². The summed E-state index contributed by atoms with van der Waals surface area (Å²) >= 11 is 0. The molecule has 0 unspecified atom stereocenters. The maximum Gasteiger partial charge on any atom is 0.236 e. The lowest BCUT2D eigenvalue weighted by Gasteiger charge is -2.37. The highest BCUT2D eigenvalue weighted by Gasteiger charge is 2.27. The molecule has 0 saturated carbocycles. The molecular weight excluding hydrogens is 226 g/mol. The maximum absolute atomic E-state index is 12.2. The van der Waals surface area contributed by atoms with Crippen molar-refractivity contribution in [2.75, 3.05) is 45.8 Å². The smallest absolute Gasteiger partial charge is 0.236 e. The summed E-state index contributed by atoms with van der Waals surface area (Å²) in [6.45, 7) is 11.2. The number of piperidine rings is 1. The van der Waals surface area contributed by atoms with Crippen molar-refractivity contribution < 1.29 is 4.79 Å².